The quantitative estimate of drug-likeness (QED) is 0.790. The number of alkyl halides is 1. The van der Waals surface area contributed by atoms with E-state index in [1.54, 1.807) is 24.3 Å². The summed E-state index contributed by atoms with van der Waals surface area (Å²) in [5.41, 5.74) is 1.54. The lowest BCUT2D eigenvalue weighted by Gasteiger charge is -2.32. The van der Waals surface area contributed by atoms with Crippen LogP contribution in [0, 0.1) is 0 Å². The highest BCUT2D eigenvalue weighted by atomic mass is 79.9. The van der Waals surface area contributed by atoms with Crippen LogP contribution in [0.3, 0.4) is 0 Å². The maximum Gasteiger partial charge on any atom is 0.210 e. The Balaban J connectivity index is 2.25. The van der Waals surface area contributed by atoms with Gasteiger partial charge in [-0.1, -0.05) is 40.2 Å². The fraction of sp³-hybridized carbons (Fsp3) is 0.200. The number of fused-ring (bicyclic) bond motifs is 2. The van der Waals surface area contributed by atoms with Gasteiger partial charge >= 0.3 is 0 Å². The van der Waals surface area contributed by atoms with Gasteiger partial charge in [-0.15, -0.1) is 0 Å². The monoisotopic (exact) mass is 351 g/mol. The normalized spacial score (nSPS) is 15.6. The molecule has 20 heavy (non-hydrogen) atoms. The third-order valence-electron chi connectivity index (χ3n) is 3.41. The van der Waals surface area contributed by atoms with Gasteiger partial charge in [0.05, 0.1) is 21.2 Å². The minimum absolute atomic E-state index is 0.397. The highest BCUT2D eigenvalue weighted by molar-refractivity contribution is 9.09. The molecule has 0 saturated carbocycles. The summed E-state index contributed by atoms with van der Waals surface area (Å²) < 4.78 is 25.4. The Hall–Kier alpha value is -1.33. The van der Waals surface area contributed by atoms with E-state index in [2.05, 4.69) is 20.8 Å². The number of halogens is 1. The van der Waals surface area contributed by atoms with E-state index in [0.717, 1.165) is 29.7 Å². The Labute approximate surface area is 127 Å². The number of rotatable bonds is 3. The van der Waals surface area contributed by atoms with Crippen LogP contribution in [0.5, 0.6) is 0 Å². The molecule has 0 saturated heterocycles. The highest BCUT2D eigenvalue weighted by Gasteiger charge is 2.33. The van der Waals surface area contributed by atoms with Gasteiger partial charge in [-0.3, -0.25) is 0 Å². The maximum absolute atomic E-state index is 12.7. The Morgan fingerprint density at radius 3 is 1.90 bits per heavy atom. The summed E-state index contributed by atoms with van der Waals surface area (Å²) in [6, 6.07) is 14.4. The van der Waals surface area contributed by atoms with Crippen molar-refractivity contribution in [2.75, 3.05) is 16.8 Å². The molecule has 0 aromatic heterocycles. The average Bonchev–Trinajstić information content (AvgIpc) is 2.48. The number of hydrogen-bond acceptors (Lipinski definition) is 3. The molecule has 0 radical (unpaired) electrons. The van der Waals surface area contributed by atoms with Gasteiger partial charge in [-0.2, -0.15) is 0 Å². The lowest BCUT2D eigenvalue weighted by Crippen LogP contribution is -2.27. The standard InChI is InChI=1S/C15H14BrNO2S/c16-10-5-11-17-12-6-1-3-8-14(12)20(18,19)15-9-4-2-7-13(15)17/h1-4,6-9H,5,10-11H2. The zero-order valence-corrected chi connectivity index (χ0v) is 13.2. The summed E-state index contributed by atoms with van der Waals surface area (Å²) in [5.74, 6) is 0. The smallest absolute Gasteiger partial charge is 0.210 e. The van der Waals surface area contributed by atoms with Crippen LogP contribution in [0.2, 0.25) is 0 Å². The summed E-state index contributed by atoms with van der Waals surface area (Å²) in [4.78, 5) is 2.88. The van der Waals surface area contributed by atoms with Crippen LogP contribution < -0.4 is 4.90 Å². The molecule has 1 aliphatic rings. The van der Waals surface area contributed by atoms with Crippen molar-refractivity contribution in [3.05, 3.63) is 48.5 Å². The fourth-order valence-electron chi connectivity index (χ4n) is 2.52. The van der Waals surface area contributed by atoms with Crippen molar-refractivity contribution < 1.29 is 8.42 Å². The van der Waals surface area contributed by atoms with Gasteiger partial charge in [-0.05, 0) is 30.7 Å². The first-order valence-electron chi connectivity index (χ1n) is 6.43. The number of hydrogen-bond donors (Lipinski definition) is 0. The van der Waals surface area contributed by atoms with E-state index in [1.165, 1.54) is 0 Å². The molecular weight excluding hydrogens is 338 g/mol. The van der Waals surface area contributed by atoms with Gasteiger partial charge in [0.25, 0.3) is 0 Å². The average molecular weight is 352 g/mol. The number of nitrogens with zero attached hydrogens (tertiary/aromatic N) is 1. The minimum atomic E-state index is -3.41. The van der Waals surface area contributed by atoms with Crippen LogP contribution in [0.4, 0.5) is 11.4 Å². The third kappa shape index (κ3) is 2.05. The van der Waals surface area contributed by atoms with Crippen molar-refractivity contribution in [2.24, 2.45) is 0 Å². The number of benzene rings is 2. The second-order valence-corrected chi connectivity index (χ2v) is 7.31. The van der Waals surface area contributed by atoms with Crippen LogP contribution in [-0.2, 0) is 9.84 Å². The first-order valence-corrected chi connectivity index (χ1v) is 9.03. The Kier molecular flexibility index (Phi) is 3.56. The van der Waals surface area contributed by atoms with Crippen molar-refractivity contribution in [2.45, 2.75) is 16.2 Å². The Bertz CT molecular complexity index is 690. The summed E-state index contributed by atoms with van der Waals surface area (Å²) in [6.45, 7) is 0.787. The van der Waals surface area contributed by atoms with E-state index < -0.39 is 9.84 Å². The summed E-state index contributed by atoms with van der Waals surface area (Å²) in [6.07, 6.45) is 0.947. The van der Waals surface area contributed by atoms with E-state index in [9.17, 15) is 8.42 Å². The first kappa shape index (κ1) is 13.6. The van der Waals surface area contributed by atoms with Crippen molar-refractivity contribution in [1.82, 2.24) is 0 Å². The second-order valence-electron chi connectivity index (χ2n) is 4.63. The van der Waals surface area contributed by atoms with E-state index in [-0.39, 0.29) is 0 Å². The second kappa shape index (κ2) is 5.22. The van der Waals surface area contributed by atoms with E-state index in [0.29, 0.717) is 9.79 Å². The zero-order valence-electron chi connectivity index (χ0n) is 10.8. The van der Waals surface area contributed by atoms with Gasteiger partial charge in [0.1, 0.15) is 0 Å². The molecular formula is C15H14BrNO2S. The van der Waals surface area contributed by atoms with Crippen molar-refractivity contribution >= 4 is 37.1 Å². The van der Waals surface area contributed by atoms with Crippen molar-refractivity contribution in [1.29, 1.82) is 0 Å². The Morgan fingerprint density at radius 1 is 0.900 bits per heavy atom. The summed E-state index contributed by atoms with van der Waals surface area (Å²) in [5, 5.41) is 0.889. The fourth-order valence-corrected chi connectivity index (χ4v) is 4.43. The van der Waals surface area contributed by atoms with Crippen LogP contribution in [0.25, 0.3) is 0 Å². The largest absolute Gasteiger partial charge is 0.339 e. The van der Waals surface area contributed by atoms with Gasteiger partial charge < -0.3 is 4.90 Å². The minimum Gasteiger partial charge on any atom is -0.339 e. The number of sulfone groups is 1. The predicted octanol–water partition coefficient (Wildman–Crippen LogP) is 3.76. The van der Waals surface area contributed by atoms with Crippen LogP contribution in [0.1, 0.15) is 6.42 Å². The molecule has 3 rings (SSSR count). The molecule has 0 fully saturated rings. The van der Waals surface area contributed by atoms with E-state index >= 15 is 0 Å². The lowest BCUT2D eigenvalue weighted by atomic mass is 10.2. The molecule has 1 aliphatic heterocycles. The first-order chi connectivity index (χ1) is 9.66. The predicted molar refractivity (Wildman–Crippen MR) is 83.8 cm³/mol. The summed E-state index contributed by atoms with van der Waals surface area (Å²) in [7, 11) is -3.41. The maximum atomic E-state index is 12.7. The van der Waals surface area contributed by atoms with E-state index in [4.69, 9.17) is 0 Å². The van der Waals surface area contributed by atoms with E-state index in [1.807, 2.05) is 24.3 Å². The van der Waals surface area contributed by atoms with Gasteiger partial charge in [0, 0.05) is 11.9 Å². The highest BCUT2D eigenvalue weighted by Crippen LogP contribution is 2.43. The van der Waals surface area contributed by atoms with Crippen molar-refractivity contribution in [3.63, 3.8) is 0 Å². The lowest BCUT2D eigenvalue weighted by molar-refractivity contribution is 0.594. The number of para-hydroxylation sites is 2. The summed E-state index contributed by atoms with van der Waals surface area (Å²) >= 11 is 3.43. The molecule has 1 heterocycles. The molecule has 0 atom stereocenters. The van der Waals surface area contributed by atoms with Crippen LogP contribution in [-0.4, -0.2) is 20.3 Å². The van der Waals surface area contributed by atoms with Gasteiger partial charge in [0.15, 0.2) is 0 Å². The number of anilines is 2. The van der Waals surface area contributed by atoms with Gasteiger partial charge in [0.2, 0.25) is 9.84 Å². The molecule has 3 nitrogen and oxygen atoms in total. The molecule has 2 aromatic carbocycles. The molecule has 0 spiro atoms. The molecule has 0 unspecified atom stereocenters. The molecule has 104 valence electrons. The molecule has 5 heteroatoms. The Morgan fingerprint density at radius 2 is 1.40 bits per heavy atom. The van der Waals surface area contributed by atoms with Crippen LogP contribution in [0.15, 0.2) is 58.3 Å². The molecule has 0 amide bonds. The molecule has 0 N–H and O–H groups in total. The van der Waals surface area contributed by atoms with Gasteiger partial charge in [-0.25, -0.2) is 8.42 Å². The topological polar surface area (TPSA) is 37.4 Å². The third-order valence-corrected chi connectivity index (χ3v) is 5.82. The molecule has 2 aromatic rings. The van der Waals surface area contributed by atoms with Crippen molar-refractivity contribution in [3.8, 4) is 0 Å². The van der Waals surface area contributed by atoms with Crippen LogP contribution >= 0.6 is 15.9 Å². The molecule has 0 bridgehead atoms. The molecule has 0 aliphatic carbocycles. The zero-order chi connectivity index (χ0) is 14.2. The SMILES string of the molecule is O=S1(=O)c2ccccc2N(CCCBr)c2ccccc21.